The molecule has 13 heavy (non-hydrogen) atoms. The Hall–Kier alpha value is -0.700. The molecule has 0 amide bonds. The van der Waals surface area contributed by atoms with E-state index in [-0.39, 0.29) is 0 Å². The zero-order valence-electron chi connectivity index (χ0n) is 8.42. The van der Waals surface area contributed by atoms with Crippen LogP contribution in [0.5, 0.6) is 11.5 Å². The van der Waals surface area contributed by atoms with Crippen molar-refractivity contribution in [3.63, 3.8) is 0 Å². The standard InChI is InChI=1S/C10H16O2S/c1-4-9-10(12-6-3)8(7-13-9)11-5-2/h7H,4-6H2,1-3H3. The molecular weight excluding hydrogens is 184 g/mol. The van der Waals surface area contributed by atoms with Crippen LogP contribution in [0.4, 0.5) is 0 Å². The van der Waals surface area contributed by atoms with Gasteiger partial charge in [0, 0.05) is 5.38 Å². The second-order valence-electron chi connectivity index (χ2n) is 2.57. The largest absolute Gasteiger partial charge is 0.489 e. The van der Waals surface area contributed by atoms with Crippen molar-refractivity contribution in [3.8, 4) is 11.5 Å². The summed E-state index contributed by atoms with van der Waals surface area (Å²) in [6, 6.07) is 0. The van der Waals surface area contributed by atoms with Gasteiger partial charge in [-0.25, -0.2) is 0 Å². The van der Waals surface area contributed by atoms with Crippen molar-refractivity contribution in [2.75, 3.05) is 13.2 Å². The van der Waals surface area contributed by atoms with Crippen LogP contribution >= 0.6 is 11.3 Å². The van der Waals surface area contributed by atoms with Gasteiger partial charge in [-0.15, -0.1) is 11.3 Å². The van der Waals surface area contributed by atoms with Gasteiger partial charge in [0.25, 0.3) is 0 Å². The van der Waals surface area contributed by atoms with Crippen molar-refractivity contribution < 1.29 is 9.47 Å². The Morgan fingerprint density at radius 1 is 1.15 bits per heavy atom. The highest BCUT2D eigenvalue weighted by Crippen LogP contribution is 2.37. The topological polar surface area (TPSA) is 18.5 Å². The van der Waals surface area contributed by atoms with E-state index >= 15 is 0 Å². The van der Waals surface area contributed by atoms with Crippen LogP contribution in [0.2, 0.25) is 0 Å². The summed E-state index contributed by atoms with van der Waals surface area (Å²) in [5.74, 6) is 1.84. The normalized spacial score (nSPS) is 10.1. The van der Waals surface area contributed by atoms with Gasteiger partial charge in [0.05, 0.1) is 18.1 Å². The summed E-state index contributed by atoms with van der Waals surface area (Å²) in [5, 5.41) is 2.02. The number of rotatable bonds is 5. The van der Waals surface area contributed by atoms with Crippen molar-refractivity contribution in [2.45, 2.75) is 27.2 Å². The van der Waals surface area contributed by atoms with Crippen molar-refractivity contribution in [3.05, 3.63) is 10.3 Å². The maximum Gasteiger partial charge on any atom is 0.175 e. The monoisotopic (exact) mass is 200 g/mol. The van der Waals surface area contributed by atoms with Crippen LogP contribution < -0.4 is 9.47 Å². The number of thiophene rings is 1. The zero-order valence-corrected chi connectivity index (χ0v) is 9.24. The van der Waals surface area contributed by atoms with E-state index in [1.54, 1.807) is 11.3 Å². The Morgan fingerprint density at radius 3 is 2.38 bits per heavy atom. The molecule has 0 aromatic carbocycles. The van der Waals surface area contributed by atoms with Crippen LogP contribution in [0.15, 0.2) is 5.38 Å². The molecule has 0 saturated heterocycles. The molecule has 1 aromatic rings. The first-order valence-corrected chi connectivity index (χ1v) is 5.57. The number of hydrogen-bond acceptors (Lipinski definition) is 3. The predicted molar refractivity (Wildman–Crippen MR) is 56.0 cm³/mol. The van der Waals surface area contributed by atoms with E-state index < -0.39 is 0 Å². The van der Waals surface area contributed by atoms with E-state index in [9.17, 15) is 0 Å². The molecule has 0 bridgehead atoms. The number of aryl methyl sites for hydroxylation is 1. The van der Waals surface area contributed by atoms with Gasteiger partial charge in [0.1, 0.15) is 0 Å². The fraction of sp³-hybridized carbons (Fsp3) is 0.600. The molecule has 0 aliphatic heterocycles. The van der Waals surface area contributed by atoms with E-state index in [4.69, 9.17) is 9.47 Å². The molecule has 1 aromatic heterocycles. The molecule has 0 saturated carbocycles. The highest BCUT2D eigenvalue weighted by molar-refractivity contribution is 7.10. The van der Waals surface area contributed by atoms with Crippen molar-refractivity contribution in [2.24, 2.45) is 0 Å². The Morgan fingerprint density at radius 2 is 1.85 bits per heavy atom. The molecule has 2 nitrogen and oxygen atoms in total. The predicted octanol–water partition coefficient (Wildman–Crippen LogP) is 3.11. The first-order chi connectivity index (χ1) is 6.33. The average molecular weight is 200 g/mol. The van der Waals surface area contributed by atoms with Crippen molar-refractivity contribution >= 4 is 11.3 Å². The van der Waals surface area contributed by atoms with Crippen LogP contribution in [0, 0.1) is 0 Å². The Labute approximate surface area is 83.5 Å². The summed E-state index contributed by atoms with van der Waals surface area (Å²) in [4.78, 5) is 1.27. The van der Waals surface area contributed by atoms with Gasteiger partial charge < -0.3 is 9.47 Å². The zero-order chi connectivity index (χ0) is 9.68. The molecule has 0 spiro atoms. The van der Waals surface area contributed by atoms with Crippen molar-refractivity contribution in [1.82, 2.24) is 0 Å². The third-order valence-corrected chi connectivity index (χ3v) is 2.79. The summed E-state index contributed by atoms with van der Waals surface area (Å²) < 4.78 is 11.0. The van der Waals surface area contributed by atoms with E-state index in [0.717, 1.165) is 17.9 Å². The molecule has 0 atom stereocenters. The minimum atomic E-state index is 0.694. The highest BCUT2D eigenvalue weighted by Gasteiger charge is 2.11. The summed E-state index contributed by atoms with van der Waals surface area (Å²) in [7, 11) is 0. The molecule has 0 aliphatic rings. The van der Waals surface area contributed by atoms with Crippen molar-refractivity contribution in [1.29, 1.82) is 0 Å². The Bertz CT molecular complexity index is 255. The van der Waals surface area contributed by atoms with E-state index in [1.807, 2.05) is 19.2 Å². The quantitative estimate of drug-likeness (QED) is 0.727. The Kier molecular flexibility index (Phi) is 4.09. The lowest BCUT2D eigenvalue weighted by Gasteiger charge is -2.07. The first-order valence-electron chi connectivity index (χ1n) is 4.69. The lowest BCUT2D eigenvalue weighted by atomic mass is 10.3. The van der Waals surface area contributed by atoms with Crippen LogP contribution in [0.1, 0.15) is 25.6 Å². The van der Waals surface area contributed by atoms with Crippen LogP contribution in [-0.4, -0.2) is 13.2 Å². The average Bonchev–Trinajstić information content (AvgIpc) is 2.50. The summed E-state index contributed by atoms with van der Waals surface area (Å²) >= 11 is 1.71. The van der Waals surface area contributed by atoms with E-state index in [2.05, 4.69) is 6.92 Å². The van der Waals surface area contributed by atoms with Gasteiger partial charge in [0.2, 0.25) is 0 Å². The maximum atomic E-state index is 5.54. The SMILES string of the molecule is CCOc1csc(CC)c1OCC. The lowest BCUT2D eigenvalue weighted by molar-refractivity contribution is 0.288. The highest BCUT2D eigenvalue weighted by atomic mass is 32.1. The minimum Gasteiger partial charge on any atom is -0.489 e. The molecule has 3 heteroatoms. The van der Waals surface area contributed by atoms with Crippen LogP contribution in [-0.2, 0) is 6.42 Å². The second kappa shape index (κ2) is 5.12. The smallest absolute Gasteiger partial charge is 0.175 e. The second-order valence-corrected chi connectivity index (χ2v) is 3.54. The number of ether oxygens (including phenoxy) is 2. The van der Waals surface area contributed by atoms with Crippen LogP contribution in [0.3, 0.4) is 0 Å². The van der Waals surface area contributed by atoms with E-state index in [1.165, 1.54) is 4.88 Å². The molecule has 0 N–H and O–H groups in total. The molecule has 1 heterocycles. The minimum absolute atomic E-state index is 0.694. The fourth-order valence-electron chi connectivity index (χ4n) is 1.16. The molecular formula is C10H16O2S. The first kappa shape index (κ1) is 10.4. The maximum absolute atomic E-state index is 5.54. The molecule has 0 aliphatic carbocycles. The summed E-state index contributed by atoms with van der Waals surface area (Å²) in [6.07, 6.45) is 1.01. The van der Waals surface area contributed by atoms with E-state index in [0.29, 0.717) is 13.2 Å². The summed E-state index contributed by atoms with van der Waals surface area (Å²) in [5.41, 5.74) is 0. The molecule has 0 radical (unpaired) electrons. The van der Waals surface area contributed by atoms with Gasteiger partial charge in [-0.1, -0.05) is 6.92 Å². The van der Waals surface area contributed by atoms with Gasteiger partial charge in [-0.3, -0.25) is 0 Å². The molecule has 0 fully saturated rings. The van der Waals surface area contributed by atoms with Crippen LogP contribution in [0.25, 0.3) is 0 Å². The fourth-order valence-corrected chi connectivity index (χ4v) is 2.02. The Balaban J connectivity index is 2.85. The third kappa shape index (κ3) is 2.37. The van der Waals surface area contributed by atoms with Gasteiger partial charge in [-0.05, 0) is 20.3 Å². The number of hydrogen-bond donors (Lipinski definition) is 0. The molecule has 1 rings (SSSR count). The third-order valence-electron chi connectivity index (χ3n) is 1.69. The molecule has 74 valence electrons. The lowest BCUT2D eigenvalue weighted by Crippen LogP contribution is -1.97. The molecule has 0 unspecified atom stereocenters. The van der Waals surface area contributed by atoms with Gasteiger partial charge in [-0.2, -0.15) is 0 Å². The summed E-state index contributed by atoms with van der Waals surface area (Å²) in [6.45, 7) is 7.50. The van der Waals surface area contributed by atoms with Gasteiger partial charge >= 0.3 is 0 Å². The van der Waals surface area contributed by atoms with Gasteiger partial charge in [0.15, 0.2) is 11.5 Å².